The molecule has 2 atom stereocenters. The van der Waals surface area contributed by atoms with E-state index in [1.807, 2.05) is 54.6 Å². The molecule has 2 N–H and O–H groups in total. The number of rotatable bonds is 8. The normalized spacial score (nSPS) is 12.9. The molecular formula is C20H22N4O2S2. The van der Waals surface area contributed by atoms with Gasteiger partial charge in [0.25, 0.3) is 0 Å². The van der Waals surface area contributed by atoms with Crippen LogP contribution in [0.2, 0.25) is 0 Å². The highest BCUT2D eigenvalue weighted by Gasteiger charge is 2.02. The van der Waals surface area contributed by atoms with E-state index in [9.17, 15) is 8.42 Å². The number of nitrogens with one attached hydrogen (secondary N) is 2. The van der Waals surface area contributed by atoms with Gasteiger partial charge >= 0.3 is 0 Å². The Morgan fingerprint density at radius 1 is 0.714 bits per heavy atom. The lowest BCUT2D eigenvalue weighted by Gasteiger charge is -2.09. The summed E-state index contributed by atoms with van der Waals surface area (Å²) in [5.74, 6) is 1.44. The number of hydrogen-bond acceptors (Lipinski definition) is 6. The van der Waals surface area contributed by atoms with E-state index < -0.39 is 21.6 Å². The van der Waals surface area contributed by atoms with E-state index >= 15 is 0 Å². The second-order valence-electron chi connectivity index (χ2n) is 6.19. The predicted molar refractivity (Wildman–Crippen MR) is 114 cm³/mol. The van der Waals surface area contributed by atoms with E-state index in [2.05, 4.69) is 20.6 Å². The van der Waals surface area contributed by atoms with Gasteiger partial charge in [-0.15, -0.1) is 0 Å². The molecule has 0 radical (unpaired) electrons. The Morgan fingerprint density at radius 2 is 1.11 bits per heavy atom. The quantitative estimate of drug-likeness (QED) is 0.589. The van der Waals surface area contributed by atoms with Crippen molar-refractivity contribution in [3.8, 4) is 0 Å². The third-order valence-corrected chi connectivity index (χ3v) is 6.00. The SMILES string of the molecule is CS(=O)c1ccc(CNc2cc(NCc3ccc(S(C)=O)cc3)ncn2)cc1. The van der Waals surface area contributed by atoms with Gasteiger partial charge in [0, 0.05) is 63.1 Å². The molecule has 2 unspecified atom stereocenters. The van der Waals surface area contributed by atoms with Crippen molar-refractivity contribution in [3.05, 3.63) is 72.1 Å². The molecule has 0 bridgehead atoms. The molecule has 2 aromatic carbocycles. The molecule has 0 aliphatic heterocycles. The van der Waals surface area contributed by atoms with Crippen molar-refractivity contribution >= 4 is 33.2 Å². The summed E-state index contributed by atoms with van der Waals surface area (Å²) in [6.07, 6.45) is 4.85. The van der Waals surface area contributed by atoms with Crippen molar-refractivity contribution in [2.24, 2.45) is 0 Å². The first-order chi connectivity index (χ1) is 13.5. The van der Waals surface area contributed by atoms with Gasteiger partial charge in [-0.3, -0.25) is 8.42 Å². The van der Waals surface area contributed by atoms with Gasteiger partial charge in [0.15, 0.2) is 0 Å². The van der Waals surface area contributed by atoms with Crippen molar-refractivity contribution < 1.29 is 8.42 Å². The number of nitrogens with zero attached hydrogens (tertiary/aromatic N) is 2. The Kier molecular flexibility index (Phi) is 6.89. The molecule has 146 valence electrons. The molecule has 1 heterocycles. The largest absolute Gasteiger partial charge is 0.366 e. The number of aromatic nitrogens is 2. The van der Waals surface area contributed by atoms with Crippen LogP contribution in [0.25, 0.3) is 0 Å². The Bertz CT molecular complexity index is 900. The van der Waals surface area contributed by atoms with Gasteiger partial charge in [-0.05, 0) is 35.4 Å². The molecule has 0 saturated carbocycles. The molecule has 0 spiro atoms. The fourth-order valence-electron chi connectivity index (χ4n) is 2.53. The summed E-state index contributed by atoms with van der Waals surface area (Å²) < 4.78 is 22.9. The lowest BCUT2D eigenvalue weighted by atomic mass is 10.2. The Hall–Kier alpha value is -2.58. The van der Waals surface area contributed by atoms with Gasteiger partial charge < -0.3 is 10.6 Å². The van der Waals surface area contributed by atoms with Crippen molar-refractivity contribution in [1.29, 1.82) is 0 Å². The maximum Gasteiger partial charge on any atom is 0.131 e. The molecule has 1 aromatic heterocycles. The van der Waals surface area contributed by atoms with Gasteiger partial charge in [-0.25, -0.2) is 9.97 Å². The van der Waals surface area contributed by atoms with Gasteiger partial charge in [-0.1, -0.05) is 24.3 Å². The van der Waals surface area contributed by atoms with E-state index in [4.69, 9.17) is 0 Å². The topological polar surface area (TPSA) is 84.0 Å². The van der Waals surface area contributed by atoms with Crippen LogP contribution in [-0.2, 0) is 34.7 Å². The van der Waals surface area contributed by atoms with Crippen LogP contribution in [0.5, 0.6) is 0 Å². The molecule has 0 aliphatic rings. The monoisotopic (exact) mass is 414 g/mol. The third kappa shape index (κ3) is 5.71. The summed E-state index contributed by atoms with van der Waals surface area (Å²) in [6.45, 7) is 1.23. The molecule has 0 saturated heterocycles. The highest BCUT2D eigenvalue weighted by Crippen LogP contribution is 2.14. The molecule has 0 fully saturated rings. The van der Waals surface area contributed by atoms with E-state index in [1.54, 1.807) is 12.5 Å². The molecule has 0 amide bonds. The van der Waals surface area contributed by atoms with Gasteiger partial charge in [-0.2, -0.15) is 0 Å². The maximum atomic E-state index is 11.4. The minimum atomic E-state index is -0.967. The summed E-state index contributed by atoms with van der Waals surface area (Å²) >= 11 is 0. The van der Waals surface area contributed by atoms with Crippen molar-refractivity contribution in [2.75, 3.05) is 23.1 Å². The van der Waals surface area contributed by atoms with Gasteiger partial charge in [0.2, 0.25) is 0 Å². The zero-order valence-corrected chi connectivity index (χ0v) is 17.3. The molecule has 28 heavy (non-hydrogen) atoms. The Morgan fingerprint density at radius 3 is 1.46 bits per heavy atom. The Labute approximate surface area is 169 Å². The number of benzene rings is 2. The molecule has 8 heteroatoms. The average Bonchev–Trinajstić information content (AvgIpc) is 2.71. The second kappa shape index (κ2) is 9.57. The Balaban J connectivity index is 1.56. The number of anilines is 2. The van der Waals surface area contributed by atoms with Crippen LogP contribution < -0.4 is 10.6 Å². The standard InChI is InChI=1S/C20H22N4O2S2/c1-27(25)17-7-3-15(4-8-17)12-21-19-11-20(24-14-23-19)22-13-16-5-9-18(10-6-16)28(2)26/h3-11,14H,12-13H2,1-2H3,(H2,21,22,23,24). The lowest BCUT2D eigenvalue weighted by Crippen LogP contribution is -2.05. The first kappa shape index (κ1) is 20.2. The lowest BCUT2D eigenvalue weighted by molar-refractivity contribution is 0.686. The minimum Gasteiger partial charge on any atom is -0.366 e. The van der Waals surface area contributed by atoms with E-state index in [-0.39, 0.29) is 0 Å². The van der Waals surface area contributed by atoms with Crippen LogP contribution in [0, 0.1) is 0 Å². The molecule has 3 aromatic rings. The third-order valence-electron chi connectivity index (χ3n) is 4.12. The average molecular weight is 415 g/mol. The van der Waals surface area contributed by atoms with Crippen LogP contribution in [-0.4, -0.2) is 30.9 Å². The van der Waals surface area contributed by atoms with Gasteiger partial charge in [0.1, 0.15) is 18.0 Å². The first-order valence-electron chi connectivity index (χ1n) is 8.66. The number of hydrogen-bond donors (Lipinski definition) is 2. The predicted octanol–water partition coefficient (Wildman–Crippen LogP) is 3.18. The van der Waals surface area contributed by atoms with Crippen LogP contribution in [0.4, 0.5) is 11.6 Å². The highest BCUT2D eigenvalue weighted by atomic mass is 32.2. The summed E-state index contributed by atoms with van der Waals surface area (Å²) in [6, 6.07) is 17.2. The molecule has 0 aliphatic carbocycles. The van der Waals surface area contributed by atoms with Crippen LogP contribution in [0.1, 0.15) is 11.1 Å². The fourth-order valence-corrected chi connectivity index (χ4v) is 3.57. The molecule has 6 nitrogen and oxygen atoms in total. The zero-order valence-electron chi connectivity index (χ0n) is 15.7. The first-order valence-corrected chi connectivity index (χ1v) is 11.8. The molecule has 3 rings (SSSR count). The van der Waals surface area contributed by atoms with E-state index in [0.29, 0.717) is 13.1 Å². The maximum absolute atomic E-state index is 11.4. The van der Waals surface area contributed by atoms with Crippen LogP contribution >= 0.6 is 0 Å². The second-order valence-corrected chi connectivity index (χ2v) is 8.95. The van der Waals surface area contributed by atoms with Crippen molar-refractivity contribution in [1.82, 2.24) is 9.97 Å². The minimum absolute atomic E-state index is 0.614. The van der Waals surface area contributed by atoms with Gasteiger partial charge in [0.05, 0.1) is 0 Å². The van der Waals surface area contributed by atoms with E-state index in [1.165, 1.54) is 6.33 Å². The summed E-state index contributed by atoms with van der Waals surface area (Å²) in [5, 5.41) is 6.53. The van der Waals surface area contributed by atoms with Crippen molar-refractivity contribution in [3.63, 3.8) is 0 Å². The summed E-state index contributed by atoms with van der Waals surface area (Å²) in [4.78, 5) is 10.1. The van der Waals surface area contributed by atoms with Crippen LogP contribution in [0.3, 0.4) is 0 Å². The zero-order chi connectivity index (χ0) is 19.9. The summed E-state index contributed by atoms with van der Waals surface area (Å²) in [5.41, 5.74) is 2.16. The fraction of sp³-hybridized carbons (Fsp3) is 0.200. The summed E-state index contributed by atoms with van der Waals surface area (Å²) in [7, 11) is -1.93. The highest BCUT2D eigenvalue weighted by molar-refractivity contribution is 7.84. The van der Waals surface area contributed by atoms with Crippen molar-refractivity contribution in [2.45, 2.75) is 22.9 Å². The smallest absolute Gasteiger partial charge is 0.131 e. The van der Waals surface area contributed by atoms with E-state index in [0.717, 1.165) is 32.6 Å². The molecular weight excluding hydrogens is 392 g/mol. The van der Waals surface area contributed by atoms with Crippen LogP contribution in [0.15, 0.2) is 70.7 Å².